The van der Waals surface area contributed by atoms with Gasteiger partial charge in [0, 0.05) is 31.6 Å². The number of benzene rings is 2. The molecule has 7 nitrogen and oxygen atoms in total. The number of fused-ring (bicyclic) bond motifs is 1. The minimum atomic E-state index is -0.642. The lowest BCUT2D eigenvalue weighted by atomic mass is 9.86. The van der Waals surface area contributed by atoms with Crippen LogP contribution < -0.4 is 4.74 Å². The molecule has 0 saturated carbocycles. The van der Waals surface area contributed by atoms with Crippen molar-refractivity contribution in [2.24, 2.45) is 17.8 Å². The lowest BCUT2D eigenvalue weighted by Crippen LogP contribution is -2.34. The summed E-state index contributed by atoms with van der Waals surface area (Å²) in [4.78, 5) is 38.5. The number of likely N-dealkylation sites (tertiary alicyclic amines) is 1. The summed E-state index contributed by atoms with van der Waals surface area (Å²) in [5.41, 5.74) is 2.00. The highest BCUT2D eigenvalue weighted by Gasteiger charge is 2.36. The maximum absolute atomic E-state index is 13.1. The fourth-order valence-corrected chi connectivity index (χ4v) is 4.64. The van der Waals surface area contributed by atoms with Gasteiger partial charge in [0.1, 0.15) is 5.75 Å². The quantitative estimate of drug-likeness (QED) is 0.205. The molecular weight excluding hydrogens is 420 g/mol. The van der Waals surface area contributed by atoms with Crippen LogP contribution in [0.4, 0.5) is 5.69 Å². The second-order valence-corrected chi connectivity index (χ2v) is 9.02. The summed E-state index contributed by atoms with van der Waals surface area (Å²) in [5, 5.41) is 10.9. The molecule has 1 amide bonds. The van der Waals surface area contributed by atoms with Gasteiger partial charge in [-0.25, -0.2) is 0 Å². The number of allylic oxidation sites excluding steroid dienone is 2. The van der Waals surface area contributed by atoms with Crippen LogP contribution >= 0.6 is 0 Å². The summed E-state index contributed by atoms with van der Waals surface area (Å²) in [5.74, 6) is 0.0581. The Balaban J connectivity index is 1.46. The van der Waals surface area contributed by atoms with E-state index in [1.54, 1.807) is 0 Å². The molecule has 2 aliphatic rings. The molecule has 0 bridgehead atoms. The van der Waals surface area contributed by atoms with Crippen LogP contribution in [0.15, 0.2) is 60.7 Å². The molecule has 1 aliphatic carbocycles. The molecule has 1 fully saturated rings. The van der Waals surface area contributed by atoms with Crippen molar-refractivity contribution in [1.82, 2.24) is 4.90 Å². The molecule has 2 aromatic carbocycles. The first-order valence-electron chi connectivity index (χ1n) is 11.3. The number of nitro benzene ring substituents is 1. The highest BCUT2D eigenvalue weighted by atomic mass is 16.6. The van der Waals surface area contributed by atoms with E-state index in [0.29, 0.717) is 18.3 Å². The van der Waals surface area contributed by atoms with Gasteiger partial charge < -0.3 is 9.64 Å². The minimum absolute atomic E-state index is 0.0258. The van der Waals surface area contributed by atoms with Gasteiger partial charge in [-0.2, -0.15) is 0 Å². The van der Waals surface area contributed by atoms with E-state index in [9.17, 15) is 19.7 Å². The number of carbonyl (C=O) groups excluding carboxylic acids is 2. The molecule has 0 N–H and O–H groups in total. The molecule has 1 saturated heterocycles. The number of hydrogen-bond donors (Lipinski definition) is 0. The van der Waals surface area contributed by atoms with Gasteiger partial charge in [0.05, 0.1) is 10.8 Å². The third kappa shape index (κ3) is 5.66. The molecule has 1 heterocycles. The van der Waals surface area contributed by atoms with Crippen molar-refractivity contribution >= 4 is 17.6 Å². The van der Waals surface area contributed by atoms with E-state index < -0.39 is 16.8 Å². The monoisotopic (exact) mass is 448 g/mol. The third-order valence-electron chi connectivity index (χ3n) is 6.60. The number of nitro groups is 1. The SMILES string of the molecule is Cc1ccc(CC(CC(=O)N2C[C@H]3CC=CC[C@H]3C2)C(=O)Oc2ccc([N+](=O)[O-])cc2)cc1. The number of esters is 1. The number of non-ortho nitro benzene ring substituents is 1. The molecule has 0 aromatic heterocycles. The number of nitrogens with zero attached hydrogens (tertiary/aromatic N) is 2. The summed E-state index contributed by atoms with van der Waals surface area (Å²) in [6.45, 7) is 3.47. The Morgan fingerprint density at radius 3 is 2.21 bits per heavy atom. The lowest BCUT2D eigenvalue weighted by Gasteiger charge is -2.21. The number of aryl methyl sites for hydroxylation is 1. The molecule has 1 aliphatic heterocycles. The number of amides is 1. The van der Waals surface area contributed by atoms with Gasteiger partial charge in [0.25, 0.3) is 5.69 Å². The van der Waals surface area contributed by atoms with Gasteiger partial charge in [-0.1, -0.05) is 42.0 Å². The zero-order chi connectivity index (χ0) is 23.4. The van der Waals surface area contributed by atoms with E-state index in [0.717, 1.165) is 37.1 Å². The van der Waals surface area contributed by atoms with Gasteiger partial charge in [-0.05, 0) is 55.7 Å². The van der Waals surface area contributed by atoms with Crippen molar-refractivity contribution in [3.05, 3.63) is 81.9 Å². The van der Waals surface area contributed by atoms with Gasteiger partial charge >= 0.3 is 5.97 Å². The molecular formula is C26H28N2O5. The van der Waals surface area contributed by atoms with E-state index in [1.165, 1.54) is 24.3 Å². The summed E-state index contributed by atoms with van der Waals surface area (Å²) in [7, 11) is 0. The first-order chi connectivity index (χ1) is 15.9. The summed E-state index contributed by atoms with van der Waals surface area (Å²) >= 11 is 0. The topological polar surface area (TPSA) is 89.8 Å². The summed E-state index contributed by atoms with van der Waals surface area (Å²) in [6.07, 6.45) is 6.85. The predicted octanol–water partition coefficient (Wildman–Crippen LogP) is 4.48. The van der Waals surface area contributed by atoms with Crippen LogP contribution in [0.5, 0.6) is 5.75 Å². The Labute approximate surface area is 193 Å². The van der Waals surface area contributed by atoms with Crippen LogP contribution in [0, 0.1) is 34.8 Å². The van der Waals surface area contributed by atoms with E-state index >= 15 is 0 Å². The Kier molecular flexibility index (Phi) is 6.87. The molecule has 7 heteroatoms. The minimum Gasteiger partial charge on any atom is -0.426 e. The van der Waals surface area contributed by atoms with Crippen LogP contribution in [0.3, 0.4) is 0 Å². The van der Waals surface area contributed by atoms with Gasteiger partial charge in [-0.15, -0.1) is 0 Å². The van der Waals surface area contributed by atoms with E-state index in [1.807, 2.05) is 36.1 Å². The van der Waals surface area contributed by atoms with Crippen LogP contribution in [0.1, 0.15) is 30.4 Å². The highest BCUT2D eigenvalue weighted by molar-refractivity contribution is 5.84. The summed E-state index contributed by atoms with van der Waals surface area (Å²) < 4.78 is 5.52. The molecule has 3 atom stereocenters. The van der Waals surface area contributed by atoms with Crippen LogP contribution in [-0.2, 0) is 16.0 Å². The zero-order valence-electron chi connectivity index (χ0n) is 18.7. The Bertz CT molecular complexity index is 1030. The van der Waals surface area contributed by atoms with Crippen molar-refractivity contribution in [2.45, 2.75) is 32.6 Å². The van der Waals surface area contributed by atoms with Crippen molar-refractivity contribution in [3.63, 3.8) is 0 Å². The molecule has 33 heavy (non-hydrogen) atoms. The largest absolute Gasteiger partial charge is 0.426 e. The van der Waals surface area contributed by atoms with E-state index in [2.05, 4.69) is 12.2 Å². The number of rotatable bonds is 7. The average molecular weight is 449 g/mol. The molecule has 0 radical (unpaired) electrons. The van der Waals surface area contributed by atoms with Crippen molar-refractivity contribution in [2.75, 3.05) is 13.1 Å². The fourth-order valence-electron chi connectivity index (χ4n) is 4.64. The average Bonchev–Trinajstić information content (AvgIpc) is 3.25. The maximum Gasteiger partial charge on any atom is 0.315 e. The first-order valence-corrected chi connectivity index (χ1v) is 11.3. The normalized spacial score (nSPS) is 20.2. The second-order valence-electron chi connectivity index (χ2n) is 9.02. The van der Waals surface area contributed by atoms with Crippen LogP contribution in [0.25, 0.3) is 0 Å². The predicted molar refractivity (Wildman–Crippen MR) is 124 cm³/mol. The van der Waals surface area contributed by atoms with E-state index in [4.69, 9.17) is 4.74 Å². The van der Waals surface area contributed by atoms with Crippen LogP contribution in [-0.4, -0.2) is 34.8 Å². The molecule has 172 valence electrons. The van der Waals surface area contributed by atoms with Gasteiger partial charge in [-0.3, -0.25) is 19.7 Å². The van der Waals surface area contributed by atoms with Crippen LogP contribution in [0.2, 0.25) is 0 Å². The van der Waals surface area contributed by atoms with Crippen molar-refractivity contribution in [3.8, 4) is 5.75 Å². The fraction of sp³-hybridized carbons (Fsp3) is 0.385. The molecule has 4 rings (SSSR count). The Hall–Kier alpha value is -3.48. The molecule has 0 spiro atoms. The summed E-state index contributed by atoms with van der Waals surface area (Å²) in [6, 6.07) is 13.3. The van der Waals surface area contributed by atoms with E-state index in [-0.39, 0.29) is 23.8 Å². The van der Waals surface area contributed by atoms with Crippen molar-refractivity contribution in [1.29, 1.82) is 0 Å². The lowest BCUT2D eigenvalue weighted by molar-refractivity contribution is -0.384. The maximum atomic E-state index is 13.1. The Morgan fingerprint density at radius 2 is 1.64 bits per heavy atom. The Morgan fingerprint density at radius 1 is 1.03 bits per heavy atom. The second kappa shape index (κ2) is 9.98. The standard InChI is InChI=1S/C26H28N2O5/c1-18-6-8-19(9-7-18)14-22(26(30)33-24-12-10-23(11-13-24)28(31)32)15-25(29)27-16-20-4-2-3-5-21(20)17-27/h2-3,6-13,20-22H,4-5,14-17H2,1H3/t20-,21+,22?. The van der Waals surface area contributed by atoms with Gasteiger partial charge in [0.2, 0.25) is 5.91 Å². The third-order valence-corrected chi connectivity index (χ3v) is 6.60. The zero-order valence-corrected chi connectivity index (χ0v) is 18.7. The molecule has 1 unspecified atom stereocenters. The smallest absolute Gasteiger partial charge is 0.315 e. The highest BCUT2D eigenvalue weighted by Crippen LogP contribution is 2.33. The first kappa shape index (κ1) is 22.7. The number of hydrogen-bond acceptors (Lipinski definition) is 5. The van der Waals surface area contributed by atoms with Gasteiger partial charge in [0.15, 0.2) is 0 Å². The number of carbonyl (C=O) groups is 2. The number of ether oxygens (including phenoxy) is 1. The molecule has 2 aromatic rings. The van der Waals surface area contributed by atoms with Crippen molar-refractivity contribution < 1.29 is 19.2 Å².